The van der Waals surface area contributed by atoms with Gasteiger partial charge in [-0.2, -0.15) is 5.10 Å². The third kappa shape index (κ3) is 3.09. The number of benzene rings is 1. The van der Waals surface area contributed by atoms with Crippen LogP contribution >= 0.6 is 0 Å². The van der Waals surface area contributed by atoms with Crippen LogP contribution in [0.1, 0.15) is 72.2 Å². The van der Waals surface area contributed by atoms with Crippen LogP contribution in [0.5, 0.6) is 0 Å². The lowest BCUT2D eigenvalue weighted by molar-refractivity contribution is 0.205. The first-order valence-electron chi connectivity index (χ1n) is 9.78. The molecular weight excluding hydrogens is 359 g/mol. The van der Waals surface area contributed by atoms with E-state index in [2.05, 4.69) is 16.5 Å². The fourth-order valence-electron chi connectivity index (χ4n) is 3.74. The molecule has 2 saturated carbocycles. The van der Waals surface area contributed by atoms with Gasteiger partial charge in [0, 0.05) is 23.2 Å². The molecule has 2 fully saturated rings. The minimum Gasteiger partial charge on any atom is -0.369 e. The predicted octanol–water partition coefficient (Wildman–Crippen LogP) is 4.47. The van der Waals surface area contributed by atoms with Crippen LogP contribution in [0.3, 0.4) is 0 Å². The summed E-state index contributed by atoms with van der Waals surface area (Å²) in [6.07, 6.45) is 3.60. The third-order valence-corrected chi connectivity index (χ3v) is 5.59. The number of halogens is 1. The molecule has 1 unspecified atom stereocenters. The first-order chi connectivity index (χ1) is 13.5. The number of aliphatic hydroxyl groups is 1. The van der Waals surface area contributed by atoms with Crippen molar-refractivity contribution in [2.24, 2.45) is 0 Å². The van der Waals surface area contributed by atoms with Crippen LogP contribution < -0.4 is 5.32 Å². The van der Waals surface area contributed by atoms with Gasteiger partial charge in [-0.15, -0.1) is 0 Å². The maximum absolute atomic E-state index is 15.0. The molecule has 2 heterocycles. The summed E-state index contributed by atoms with van der Waals surface area (Å²) in [5.74, 6) is 1.18. The number of nitrogens with one attached hydrogen (secondary N) is 1. The first-order valence-corrected chi connectivity index (χ1v) is 9.78. The molecule has 0 spiro atoms. The lowest BCUT2D eigenvalue weighted by Gasteiger charge is -2.15. The van der Waals surface area contributed by atoms with E-state index in [4.69, 9.17) is 9.62 Å². The molecule has 2 aliphatic rings. The molecule has 1 atom stereocenters. The minimum absolute atomic E-state index is 0.372. The lowest BCUT2D eigenvalue weighted by Crippen LogP contribution is -2.12. The van der Waals surface area contributed by atoms with Crippen LogP contribution in [-0.2, 0) is 0 Å². The Kier molecular flexibility index (Phi) is 4.01. The van der Waals surface area contributed by atoms with E-state index in [-0.39, 0.29) is 5.82 Å². The summed E-state index contributed by atoms with van der Waals surface area (Å²) >= 11 is 0. The third-order valence-electron chi connectivity index (χ3n) is 5.59. The Hall–Kier alpha value is -2.67. The fraction of sp³-hybridized carbons (Fsp3) is 0.429. The van der Waals surface area contributed by atoms with Gasteiger partial charge in [0.25, 0.3) is 0 Å². The minimum atomic E-state index is -1.02. The van der Waals surface area contributed by atoms with Crippen molar-refractivity contribution in [1.29, 1.82) is 0 Å². The normalized spacial score (nSPS) is 17.7. The van der Waals surface area contributed by atoms with E-state index in [1.54, 1.807) is 30.7 Å². The van der Waals surface area contributed by atoms with Gasteiger partial charge in [-0.3, -0.25) is 0 Å². The molecule has 5 rings (SSSR count). The van der Waals surface area contributed by atoms with Gasteiger partial charge < -0.3 is 14.9 Å². The molecule has 3 aromatic rings. The van der Waals surface area contributed by atoms with E-state index in [9.17, 15) is 9.50 Å². The highest BCUT2D eigenvalue weighted by Crippen LogP contribution is 2.45. The van der Waals surface area contributed by atoms with Gasteiger partial charge >= 0.3 is 0 Å². The zero-order valence-corrected chi connectivity index (χ0v) is 15.9. The highest BCUT2D eigenvalue weighted by atomic mass is 19.1. The van der Waals surface area contributed by atoms with E-state index < -0.39 is 6.23 Å². The van der Waals surface area contributed by atoms with Crippen molar-refractivity contribution in [3.05, 3.63) is 58.5 Å². The molecule has 7 heteroatoms. The molecule has 0 radical (unpaired) electrons. The monoisotopic (exact) mass is 382 g/mol. The highest BCUT2D eigenvalue weighted by molar-refractivity contribution is 5.52. The van der Waals surface area contributed by atoms with Gasteiger partial charge in [-0.25, -0.2) is 9.07 Å². The van der Waals surface area contributed by atoms with Crippen molar-refractivity contribution in [3.63, 3.8) is 0 Å². The number of hydrogen-bond acceptors (Lipinski definition) is 5. The molecule has 2 N–H and O–H groups in total. The molecule has 2 aliphatic carbocycles. The van der Waals surface area contributed by atoms with Crippen molar-refractivity contribution in [1.82, 2.24) is 14.9 Å². The summed E-state index contributed by atoms with van der Waals surface area (Å²) in [4.78, 5) is 0. The summed E-state index contributed by atoms with van der Waals surface area (Å²) in [6, 6.07) is 7.02. The van der Waals surface area contributed by atoms with Gasteiger partial charge in [-0.1, -0.05) is 5.16 Å². The summed E-state index contributed by atoms with van der Waals surface area (Å²) in [6.45, 7) is 3.49. The largest absolute Gasteiger partial charge is 0.369 e. The van der Waals surface area contributed by atoms with Crippen LogP contribution in [0.15, 0.2) is 28.8 Å². The molecule has 146 valence electrons. The zero-order valence-electron chi connectivity index (χ0n) is 15.9. The first kappa shape index (κ1) is 17.4. The molecule has 0 saturated heterocycles. The van der Waals surface area contributed by atoms with E-state index >= 15 is 0 Å². The number of anilines is 1. The Morgan fingerprint density at radius 2 is 1.93 bits per heavy atom. The molecule has 0 bridgehead atoms. The van der Waals surface area contributed by atoms with Crippen LogP contribution in [0.2, 0.25) is 0 Å². The maximum atomic E-state index is 15.0. The topological polar surface area (TPSA) is 76.1 Å². The highest BCUT2D eigenvalue weighted by Gasteiger charge is 2.33. The maximum Gasteiger partial charge on any atom is 0.156 e. The number of hydrogen-bond donors (Lipinski definition) is 2. The SMILES string of the molecule is Cc1noc(C)c1C(O)Nc1ccc(-n2nc(C3CC3)cc2C2CC2)c(F)c1. The number of aryl methyl sites for hydroxylation is 2. The van der Waals surface area contributed by atoms with Gasteiger partial charge in [0.1, 0.15) is 11.4 Å². The van der Waals surface area contributed by atoms with Crippen molar-refractivity contribution in [3.8, 4) is 5.69 Å². The Morgan fingerprint density at radius 3 is 2.54 bits per heavy atom. The Morgan fingerprint density at radius 1 is 1.18 bits per heavy atom. The molecule has 2 aromatic heterocycles. The Bertz CT molecular complexity index is 1010. The standard InChI is InChI=1S/C21H23FN4O2/c1-11-20(12(2)28-25-11)21(27)23-15-7-8-18(16(22)9-15)26-19(14-5-6-14)10-17(24-26)13-3-4-13/h7-10,13-14,21,23,27H,3-6H2,1-2H3. The fourth-order valence-corrected chi connectivity index (χ4v) is 3.74. The van der Waals surface area contributed by atoms with Crippen molar-refractivity contribution >= 4 is 5.69 Å². The van der Waals surface area contributed by atoms with Crippen molar-refractivity contribution in [2.45, 2.75) is 57.6 Å². The second kappa shape index (κ2) is 6.44. The van der Waals surface area contributed by atoms with E-state index in [1.165, 1.54) is 18.9 Å². The average Bonchev–Trinajstić information content (AvgIpc) is 3.59. The average molecular weight is 382 g/mol. The molecule has 6 nitrogen and oxygen atoms in total. The molecular formula is C21H23FN4O2. The van der Waals surface area contributed by atoms with Crippen LogP contribution in [0.25, 0.3) is 5.69 Å². The summed E-state index contributed by atoms with van der Waals surface area (Å²) in [5.41, 5.74) is 4.30. The Balaban J connectivity index is 1.43. The molecule has 0 amide bonds. The second-order valence-electron chi connectivity index (χ2n) is 7.91. The van der Waals surface area contributed by atoms with E-state index in [1.807, 2.05) is 0 Å². The second-order valence-corrected chi connectivity index (χ2v) is 7.91. The number of aromatic nitrogens is 3. The molecule has 0 aliphatic heterocycles. The summed E-state index contributed by atoms with van der Waals surface area (Å²) < 4.78 is 21.8. The Labute approximate surface area is 162 Å². The summed E-state index contributed by atoms with van der Waals surface area (Å²) in [7, 11) is 0. The summed E-state index contributed by atoms with van der Waals surface area (Å²) in [5, 5.41) is 21.9. The van der Waals surface area contributed by atoms with Crippen LogP contribution in [0.4, 0.5) is 10.1 Å². The van der Waals surface area contributed by atoms with Gasteiger partial charge in [0.2, 0.25) is 0 Å². The van der Waals surface area contributed by atoms with Crippen LogP contribution in [0, 0.1) is 19.7 Å². The van der Waals surface area contributed by atoms with Gasteiger partial charge in [-0.05, 0) is 63.8 Å². The predicted molar refractivity (Wildman–Crippen MR) is 102 cm³/mol. The van der Waals surface area contributed by atoms with Gasteiger partial charge in [0.15, 0.2) is 12.0 Å². The van der Waals surface area contributed by atoms with Gasteiger partial charge in [0.05, 0.1) is 17.0 Å². The number of rotatable bonds is 6. The zero-order chi connectivity index (χ0) is 19.4. The van der Waals surface area contributed by atoms with Crippen LogP contribution in [-0.4, -0.2) is 20.0 Å². The van der Waals surface area contributed by atoms with Crippen molar-refractivity contribution in [2.75, 3.05) is 5.32 Å². The van der Waals surface area contributed by atoms with E-state index in [0.29, 0.717) is 40.2 Å². The molecule has 28 heavy (non-hydrogen) atoms. The number of aliphatic hydroxyl groups excluding tert-OH is 1. The smallest absolute Gasteiger partial charge is 0.156 e. The quantitative estimate of drug-likeness (QED) is 0.615. The van der Waals surface area contributed by atoms with Crippen molar-refractivity contribution < 1.29 is 14.0 Å². The number of nitrogens with zero attached hydrogens (tertiary/aromatic N) is 3. The van der Waals surface area contributed by atoms with E-state index in [0.717, 1.165) is 24.2 Å². The molecule has 1 aromatic carbocycles. The lowest BCUT2D eigenvalue weighted by atomic mass is 10.1.